The first-order valence-electron chi connectivity index (χ1n) is 7.07. The molecule has 0 unspecified atom stereocenters. The number of carboxylic acid groups (broad SMARTS) is 1. The Labute approximate surface area is 121 Å². The molecule has 0 bridgehead atoms. The Hall–Kier alpha value is -1.55. The second kappa shape index (κ2) is 7.90. The van der Waals surface area contributed by atoms with Gasteiger partial charge in [-0.05, 0) is 57.9 Å². The van der Waals surface area contributed by atoms with Crippen molar-refractivity contribution in [3.05, 3.63) is 29.8 Å². The third-order valence-corrected chi connectivity index (χ3v) is 2.68. The van der Waals surface area contributed by atoms with E-state index < -0.39 is 5.97 Å². The maximum Gasteiger partial charge on any atom is 0.304 e. The summed E-state index contributed by atoms with van der Waals surface area (Å²) >= 11 is 0. The zero-order chi connectivity index (χ0) is 15.0. The Morgan fingerprint density at radius 1 is 1.20 bits per heavy atom. The van der Waals surface area contributed by atoms with Crippen molar-refractivity contribution in [2.24, 2.45) is 0 Å². The average molecular weight is 279 g/mol. The fourth-order valence-corrected chi connectivity index (χ4v) is 1.82. The van der Waals surface area contributed by atoms with Gasteiger partial charge in [0.05, 0.1) is 6.42 Å². The Kier molecular flexibility index (Phi) is 6.52. The molecule has 0 aliphatic carbocycles. The van der Waals surface area contributed by atoms with Gasteiger partial charge in [-0.25, -0.2) is 0 Å². The van der Waals surface area contributed by atoms with E-state index in [1.54, 1.807) is 0 Å². The molecule has 1 aromatic carbocycles. The van der Waals surface area contributed by atoms with Crippen LogP contribution in [0.25, 0.3) is 0 Å². The first-order valence-corrected chi connectivity index (χ1v) is 7.07. The van der Waals surface area contributed by atoms with Crippen molar-refractivity contribution in [2.75, 3.05) is 13.1 Å². The third kappa shape index (κ3) is 7.79. The number of nitrogens with one attached hydrogen (secondary N) is 1. The summed E-state index contributed by atoms with van der Waals surface area (Å²) in [4.78, 5) is 10.3. The van der Waals surface area contributed by atoms with Crippen LogP contribution in [-0.4, -0.2) is 29.8 Å². The molecular weight excluding hydrogens is 254 g/mol. The van der Waals surface area contributed by atoms with Gasteiger partial charge in [0.15, 0.2) is 0 Å². The molecule has 0 radical (unpaired) electrons. The Morgan fingerprint density at radius 2 is 1.85 bits per heavy atom. The lowest BCUT2D eigenvalue weighted by Crippen LogP contribution is -2.22. The van der Waals surface area contributed by atoms with Gasteiger partial charge in [0.1, 0.15) is 11.4 Å². The number of carboxylic acids is 1. The van der Waals surface area contributed by atoms with Crippen molar-refractivity contribution in [1.29, 1.82) is 0 Å². The summed E-state index contributed by atoms with van der Waals surface area (Å²) in [7, 11) is 0. The van der Waals surface area contributed by atoms with Crippen LogP contribution >= 0.6 is 0 Å². The number of ether oxygens (including phenoxy) is 1. The van der Waals surface area contributed by atoms with E-state index in [9.17, 15) is 4.79 Å². The lowest BCUT2D eigenvalue weighted by atomic mass is 10.1. The van der Waals surface area contributed by atoms with Crippen LogP contribution in [-0.2, 0) is 11.2 Å². The summed E-state index contributed by atoms with van der Waals surface area (Å²) in [5, 5.41) is 11.6. The van der Waals surface area contributed by atoms with E-state index in [4.69, 9.17) is 9.84 Å². The van der Waals surface area contributed by atoms with Gasteiger partial charge < -0.3 is 15.2 Å². The highest BCUT2D eigenvalue weighted by Gasteiger charge is 2.11. The summed E-state index contributed by atoms with van der Waals surface area (Å²) < 4.78 is 5.77. The van der Waals surface area contributed by atoms with Crippen molar-refractivity contribution in [1.82, 2.24) is 5.32 Å². The van der Waals surface area contributed by atoms with E-state index >= 15 is 0 Å². The van der Waals surface area contributed by atoms with Crippen LogP contribution in [0.5, 0.6) is 5.75 Å². The summed E-state index contributed by atoms with van der Waals surface area (Å²) in [5.74, 6) is 0.132. The first-order chi connectivity index (χ1) is 9.37. The molecule has 0 aliphatic heterocycles. The van der Waals surface area contributed by atoms with Crippen molar-refractivity contribution in [3.63, 3.8) is 0 Å². The third-order valence-electron chi connectivity index (χ3n) is 2.68. The van der Waals surface area contributed by atoms with Gasteiger partial charge in [-0.2, -0.15) is 0 Å². The van der Waals surface area contributed by atoms with Gasteiger partial charge >= 0.3 is 5.97 Å². The smallest absolute Gasteiger partial charge is 0.304 e. The van der Waals surface area contributed by atoms with E-state index in [2.05, 4.69) is 17.4 Å². The fraction of sp³-hybridized carbons (Fsp3) is 0.562. The van der Waals surface area contributed by atoms with Crippen LogP contribution in [0.4, 0.5) is 0 Å². The van der Waals surface area contributed by atoms with Gasteiger partial charge in [0.25, 0.3) is 0 Å². The maximum atomic E-state index is 10.3. The molecule has 0 aromatic heterocycles. The number of hydrogen-bond acceptors (Lipinski definition) is 3. The zero-order valence-electron chi connectivity index (χ0n) is 12.6. The fourth-order valence-electron chi connectivity index (χ4n) is 1.82. The Balaban J connectivity index is 2.23. The minimum absolute atomic E-state index is 0.171. The molecule has 4 nitrogen and oxygen atoms in total. The molecule has 0 amide bonds. The predicted molar refractivity (Wildman–Crippen MR) is 80.3 cm³/mol. The zero-order valence-corrected chi connectivity index (χ0v) is 12.6. The molecule has 0 saturated heterocycles. The van der Waals surface area contributed by atoms with Crippen molar-refractivity contribution < 1.29 is 14.6 Å². The van der Waals surface area contributed by atoms with E-state index in [1.807, 2.05) is 32.9 Å². The summed E-state index contributed by atoms with van der Waals surface area (Å²) in [6, 6.07) is 8.16. The number of aryl methyl sites for hydroxylation is 1. The molecule has 0 aliphatic rings. The molecule has 20 heavy (non-hydrogen) atoms. The van der Waals surface area contributed by atoms with Gasteiger partial charge in [-0.3, -0.25) is 4.79 Å². The number of rotatable bonds is 8. The van der Waals surface area contributed by atoms with Crippen LogP contribution in [0, 0.1) is 0 Å². The Bertz CT molecular complexity index is 407. The standard InChI is InChI=1S/C16H25NO3/c1-16(2,3)20-14-8-6-13(7-9-14)5-4-11-17-12-10-15(18)19/h6-9,17H,4-5,10-12H2,1-3H3,(H,18,19). The molecular formula is C16H25NO3. The second-order valence-electron chi connectivity index (χ2n) is 5.86. The largest absolute Gasteiger partial charge is 0.488 e. The van der Waals surface area contributed by atoms with Gasteiger partial charge in [0, 0.05) is 6.54 Å². The minimum atomic E-state index is -0.757. The molecule has 0 spiro atoms. The molecule has 0 atom stereocenters. The van der Waals surface area contributed by atoms with Crippen LogP contribution in [0.15, 0.2) is 24.3 Å². The van der Waals surface area contributed by atoms with E-state index in [0.29, 0.717) is 6.54 Å². The topological polar surface area (TPSA) is 58.6 Å². The molecule has 1 aromatic rings. The number of benzene rings is 1. The second-order valence-corrected chi connectivity index (χ2v) is 5.86. The van der Waals surface area contributed by atoms with Crippen LogP contribution in [0.3, 0.4) is 0 Å². The SMILES string of the molecule is CC(C)(C)Oc1ccc(CCCNCCC(=O)O)cc1. The number of hydrogen-bond donors (Lipinski definition) is 2. The number of aliphatic carboxylic acids is 1. The van der Waals surface area contributed by atoms with Crippen LogP contribution in [0.1, 0.15) is 39.2 Å². The highest BCUT2D eigenvalue weighted by atomic mass is 16.5. The van der Waals surface area contributed by atoms with Gasteiger partial charge in [-0.15, -0.1) is 0 Å². The quantitative estimate of drug-likeness (QED) is 0.718. The minimum Gasteiger partial charge on any atom is -0.488 e. The molecule has 112 valence electrons. The maximum absolute atomic E-state index is 10.3. The normalized spacial score (nSPS) is 11.3. The Morgan fingerprint density at radius 3 is 2.40 bits per heavy atom. The molecule has 0 fully saturated rings. The summed E-state index contributed by atoms with van der Waals surface area (Å²) in [6.45, 7) is 7.47. The highest BCUT2D eigenvalue weighted by molar-refractivity contribution is 5.66. The van der Waals surface area contributed by atoms with Crippen LogP contribution in [0.2, 0.25) is 0 Å². The predicted octanol–water partition coefficient (Wildman–Crippen LogP) is 2.86. The van der Waals surface area contributed by atoms with Gasteiger partial charge in [0.2, 0.25) is 0 Å². The summed E-state index contributed by atoms with van der Waals surface area (Å²) in [6.07, 6.45) is 2.16. The molecule has 0 heterocycles. The first kappa shape index (κ1) is 16.5. The van der Waals surface area contributed by atoms with Crippen LogP contribution < -0.4 is 10.1 Å². The average Bonchev–Trinajstić information content (AvgIpc) is 2.33. The van der Waals surface area contributed by atoms with E-state index in [-0.39, 0.29) is 12.0 Å². The number of carbonyl (C=O) groups is 1. The molecule has 1 rings (SSSR count). The van der Waals surface area contributed by atoms with Crippen molar-refractivity contribution >= 4 is 5.97 Å². The van der Waals surface area contributed by atoms with Crippen molar-refractivity contribution in [3.8, 4) is 5.75 Å². The lowest BCUT2D eigenvalue weighted by Gasteiger charge is -2.21. The van der Waals surface area contributed by atoms with Crippen molar-refractivity contribution in [2.45, 2.75) is 45.6 Å². The van der Waals surface area contributed by atoms with Gasteiger partial charge in [-0.1, -0.05) is 12.1 Å². The van der Waals surface area contributed by atoms with E-state index in [1.165, 1.54) is 5.56 Å². The molecule has 2 N–H and O–H groups in total. The highest BCUT2D eigenvalue weighted by Crippen LogP contribution is 2.18. The summed E-state index contributed by atoms with van der Waals surface area (Å²) in [5.41, 5.74) is 1.10. The van der Waals surface area contributed by atoms with E-state index in [0.717, 1.165) is 25.1 Å². The molecule has 0 saturated carbocycles. The monoisotopic (exact) mass is 279 g/mol. The lowest BCUT2D eigenvalue weighted by molar-refractivity contribution is -0.136. The molecule has 4 heteroatoms.